The van der Waals surface area contributed by atoms with Crippen molar-refractivity contribution in [3.63, 3.8) is 0 Å². The molecule has 1 saturated carbocycles. The number of para-hydroxylation sites is 1. The lowest BCUT2D eigenvalue weighted by Gasteiger charge is -2.39. The second-order valence-corrected chi connectivity index (χ2v) is 11.0. The van der Waals surface area contributed by atoms with E-state index in [1.165, 1.54) is 19.3 Å². The number of hydrogen-bond acceptors (Lipinski definition) is 5. The molecular weight excluding hydrogens is 456 g/mol. The summed E-state index contributed by atoms with van der Waals surface area (Å²) in [4.78, 5) is 16.6. The average molecular weight is 495 g/mol. The lowest BCUT2D eigenvalue weighted by atomic mass is 9.85. The summed E-state index contributed by atoms with van der Waals surface area (Å²) in [5.74, 6) is 2.50. The third-order valence-electron chi connectivity index (χ3n) is 6.56. The minimum absolute atomic E-state index is 0.111. The third kappa shape index (κ3) is 6.35. The molecule has 4 rings (SSSR count). The number of amides is 1. The Balaban J connectivity index is 1.61. The van der Waals surface area contributed by atoms with Crippen LogP contribution in [0.1, 0.15) is 58.9 Å². The fourth-order valence-electron chi connectivity index (χ4n) is 4.78. The predicted molar refractivity (Wildman–Crippen MR) is 146 cm³/mol. The van der Waals surface area contributed by atoms with Crippen LogP contribution >= 0.6 is 11.8 Å². The second-order valence-electron chi connectivity index (χ2n) is 9.87. The zero-order valence-corrected chi connectivity index (χ0v) is 22.1. The molecule has 1 amide bonds. The first-order valence-corrected chi connectivity index (χ1v) is 13.8. The molecule has 0 bridgehead atoms. The van der Waals surface area contributed by atoms with Crippen molar-refractivity contribution < 1.29 is 14.3 Å². The molecule has 1 heterocycles. The van der Waals surface area contributed by atoms with Gasteiger partial charge in [0.1, 0.15) is 0 Å². The summed E-state index contributed by atoms with van der Waals surface area (Å²) in [6.07, 6.45) is 6.65. The van der Waals surface area contributed by atoms with Gasteiger partial charge >= 0.3 is 0 Å². The van der Waals surface area contributed by atoms with Crippen LogP contribution in [0.4, 0.5) is 5.69 Å². The molecule has 5 nitrogen and oxygen atoms in total. The smallest absolute Gasteiger partial charge is 0.262 e. The van der Waals surface area contributed by atoms with Crippen molar-refractivity contribution in [2.75, 3.05) is 18.5 Å². The highest BCUT2D eigenvalue weighted by Crippen LogP contribution is 2.42. The maximum absolute atomic E-state index is 13.8. The van der Waals surface area contributed by atoms with Crippen LogP contribution in [0.2, 0.25) is 0 Å². The van der Waals surface area contributed by atoms with Gasteiger partial charge in [0.05, 0.1) is 18.1 Å². The third-order valence-corrected chi connectivity index (χ3v) is 7.68. The van der Waals surface area contributed by atoms with Crippen molar-refractivity contribution in [1.29, 1.82) is 0 Å². The summed E-state index contributed by atoms with van der Waals surface area (Å²) < 4.78 is 11.8. The normalized spacial score (nSPS) is 23.7. The van der Waals surface area contributed by atoms with Gasteiger partial charge in [0.15, 0.2) is 17.0 Å². The summed E-state index contributed by atoms with van der Waals surface area (Å²) in [5.41, 5.74) is 1.85. The average Bonchev–Trinajstić information content (AvgIpc) is 3.14. The Kier molecular flexibility index (Phi) is 8.66. The predicted octanol–water partition coefficient (Wildman–Crippen LogP) is 7.01. The first-order chi connectivity index (χ1) is 17.0. The van der Waals surface area contributed by atoms with Gasteiger partial charge in [0.2, 0.25) is 0 Å². The van der Waals surface area contributed by atoms with E-state index < -0.39 is 0 Å². The van der Waals surface area contributed by atoms with E-state index in [0.717, 1.165) is 34.1 Å². The van der Waals surface area contributed by atoms with Crippen LogP contribution in [0.25, 0.3) is 6.08 Å². The zero-order chi connectivity index (χ0) is 24.8. The molecule has 1 N–H and O–H groups in total. The Morgan fingerprint density at radius 3 is 2.57 bits per heavy atom. The van der Waals surface area contributed by atoms with E-state index >= 15 is 0 Å². The van der Waals surface area contributed by atoms with Crippen LogP contribution in [0.15, 0.2) is 53.4 Å². The molecule has 2 aliphatic rings. The second kappa shape index (κ2) is 11.9. The summed E-state index contributed by atoms with van der Waals surface area (Å²) in [7, 11) is 0. The molecule has 1 saturated heterocycles. The van der Waals surface area contributed by atoms with Crippen LogP contribution in [0, 0.1) is 11.8 Å². The molecule has 0 aromatic heterocycles. The van der Waals surface area contributed by atoms with Crippen LogP contribution in [0.3, 0.4) is 0 Å². The van der Waals surface area contributed by atoms with Gasteiger partial charge in [-0.05, 0) is 67.5 Å². The van der Waals surface area contributed by atoms with E-state index in [1.807, 2.05) is 49.4 Å². The van der Waals surface area contributed by atoms with Gasteiger partial charge in [-0.15, -0.1) is 0 Å². The summed E-state index contributed by atoms with van der Waals surface area (Å²) >= 11 is 1.60. The van der Waals surface area contributed by atoms with E-state index in [2.05, 4.69) is 43.1 Å². The Labute approximate surface area is 214 Å². The molecule has 0 spiro atoms. The number of thioether (sulfide) groups is 1. The first kappa shape index (κ1) is 25.5. The van der Waals surface area contributed by atoms with Crippen molar-refractivity contribution in [3.05, 3.63) is 59.0 Å². The van der Waals surface area contributed by atoms with Crippen LogP contribution in [-0.4, -0.2) is 35.6 Å². The number of hydrogen-bond donors (Lipinski definition) is 1. The van der Waals surface area contributed by atoms with Crippen molar-refractivity contribution in [2.24, 2.45) is 11.8 Å². The molecule has 2 fully saturated rings. The lowest BCUT2D eigenvalue weighted by Crippen LogP contribution is -2.48. The molecule has 1 unspecified atom stereocenters. The number of nitrogens with one attached hydrogen (secondary N) is 1. The monoisotopic (exact) mass is 494 g/mol. The standard InChI is InChI=1S/C29H38N2O3S/c1-5-33-26-17-22(15-16-25(26)34-19-20(2)3)18-27-28(32)31(24-14-10-9-11-21(24)4)29(35-27)30-23-12-7-6-8-13-23/h6-8,12-13,15-18,20-21,24,29-30H,5,9-11,14,19H2,1-4H3/b27-18-/t21-,24-,29?/m1/s1. The first-order valence-electron chi connectivity index (χ1n) is 12.9. The van der Waals surface area contributed by atoms with E-state index in [1.54, 1.807) is 11.8 Å². The van der Waals surface area contributed by atoms with Gasteiger partial charge in [0.25, 0.3) is 5.91 Å². The van der Waals surface area contributed by atoms with E-state index in [9.17, 15) is 4.79 Å². The van der Waals surface area contributed by atoms with Crippen LogP contribution < -0.4 is 14.8 Å². The highest BCUT2D eigenvalue weighted by Gasteiger charge is 2.42. The van der Waals surface area contributed by atoms with E-state index in [0.29, 0.717) is 25.0 Å². The van der Waals surface area contributed by atoms with Gasteiger partial charge in [-0.25, -0.2) is 0 Å². The largest absolute Gasteiger partial charge is 0.490 e. The highest BCUT2D eigenvalue weighted by molar-refractivity contribution is 8.05. The highest BCUT2D eigenvalue weighted by atomic mass is 32.2. The molecule has 188 valence electrons. The number of benzene rings is 2. The summed E-state index contributed by atoms with van der Waals surface area (Å²) in [5, 5.41) is 3.61. The molecule has 35 heavy (non-hydrogen) atoms. The number of carbonyl (C=O) groups is 1. The Hall–Kier alpha value is -2.60. The fourth-order valence-corrected chi connectivity index (χ4v) is 5.99. The molecule has 2 aromatic carbocycles. The number of carbonyl (C=O) groups excluding carboxylic acids is 1. The minimum atomic E-state index is -0.123. The molecule has 3 atom stereocenters. The van der Waals surface area contributed by atoms with Crippen LogP contribution in [0.5, 0.6) is 11.5 Å². The molecule has 0 radical (unpaired) electrons. The Morgan fingerprint density at radius 1 is 1.09 bits per heavy atom. The van der Waals surface area contributed by atoms with Crippen molar-refractivity contribution in [2.45, 2.75) is 64.9 Å². The maximum atomic E-state index is 13.8. The SMILES string of the molecule is CCOc1cc(/C=C2\SC(Nc3ccccc3)N([C@@H]3CCCC[C@H]3C)C2=O)ccc1OCC(C)C. The van der Waals surface area contributed by atoms with Gasteiger partial charge < -0.3 is 19.7 Å². The zero-order valence-electron chi connectivity index (χ0n) is 21.3. The fraction of sp³-hybridized carbons (Fsp3) is 0.483. The summed E-state index contributed by atoms with van der Waals surface area (Å²) in [6.45, 7) is 9.70. The Bertz CT molecular complexity index is 1020. The van der Waals surface area contributed by atoms with Gasteiger partial charge in [-0.3, -0.25) is 4.79 Å². The van der Waals surface area contributed by atoms with Crippen molar-refractivity contribution in [3.8, 4) is 11.5 Å². The number of rotatable bonds is 9. The van der Waals surface area contributed by atoms with E-state index in [4.69, 9.17) is 9.47 Å². The number of anilines is 1. The molecule has 1 aliphatic heterocycles. The van der Waals surface area contributed by atoms with Crippen molar-refractivity contribution >= 4 is 29.4 Å². The minimum Gasteiger partial charge on any atom is -0.490 e. The maximum Gasteiger partial charge on any atom is 0.262 e. The van der Waals surface area contributed by atoms with Gasteiger partial charge in [0, 0.05) is 11.7 Å². The van der Waals surface area contributed by atoms with Crippen molar-refractivity contribution in [1.82, 2.24) is 4.90 Å². The molecule has 2 aromatic rings. The molecule has 6 heteroatoms. The van der Waals surface area contributed by atoms with Crippen LogP contribution in [-0.2, 0) is 4.79 Å². The lowest BCUT2D eigenvalue weighted by molar-refractivity contribution is -0.129. The number of ether oxygens (including phenoxy) is 2. The number of nitrogens with zero attached hydrogens (tertiary/aromatic N) is 1. The van der Waals surface area contributed by atoms with Gasteiger partial charge in [-0.2, -0.15) is 0 Å². The Morgan fingerprint density at radius 2 is 1.86 bits per heavy atom. The summed E-state index contributed by atoms with van der Waals surface area (Å²) in [6, 6.07) is 16.3. The quantitative estimate of drug-likeness (QED) is 0.380. The molecular formula is C29H38N2O3S. The van der Waals surface area contributed by atoms with Gasteiger partial charge in [-0.1, -0.05) is 69.6 Å². The van der Waals surface area contributed by atoms with E-state index in [-0.39, 0.29) is 17.4 Å². The molecule has 1 aliphatic carbocycles. The topological polar surface area (TPSA) is 50.8 Å².